The fourth-order valence-electron chi connectivity index (χ4n) is 4.13. The molecule has 0 radical (unpaired) electrons. The predicted molar refractivity (Wildman–Crippen MR) is 124 cm³/mol. The number of carbonyl (C=O) groups is 2. The highest BCUT2D eigenvalue weighted by Gasteiger charge is 2.58. The van der Waals surface area contributed by atoms with E-state index < -0.39 is 23.7 Å². The Kier molecular flexibility index (Phi) is 6.89. The summed E-state index contributed by atoms with van der Waals surface area (Å²) in [5.74, 6) is -0.822. The zero-order chi connectivity index (χ0) is 25.5. The quantitative estimate of drug-likeness (QED) is 0.588. The van der Waals surface area contributed by atoms with Crippen molar-refractivity contribution in [2.75, 3.05) is 19.8 Å². The standard InChI is InChI=1S/C24H21Cl2F3N2O4/c1-3-31-22(33)20(12-35-31)30-21(32)19-5-4-14(6-13(19)2)15-10-23(34-11-15,24(27,28)29)16-7-17(25)9-18(26)8-16/h4-10,20H,3,11-12H2,1-2H3,(H,30,32)/t20-,23?/m0/s1. The lowest BCUT2D eigenvalue weighted by Gasteiger charge is -2.30. The second-order valence-corrected chi connectivity index (χ2v) is 9.11. The van der Waals surface area contributed by atoms with Gasteiger partial charge in [-0.1, -0.05) is 35.3 Å². The highest BCUT2D eigenvalue weighted by Crippen LogP contribution is 2.49. The Hall–Kier alpha value is -2.59. The molecule has 1 fully saturated rings. The number of ether oxygens (including phenoxy) is 1. The summed E-state index contributed by atoms with van der Waals surface area (Å²) in [7, 11) is 0. The van der Waals surface area contributed by atoms with Crippen molar-refractivity contribution in [1.29, 1.82) is 0 Å². The number of hydrogen-bond donors (Lipinski definition) is 1. The van der Waals surface area contributed by atoms with Crippen LogP contribution in [0.4, 0.5) is 13.2 Å². The van der Waals surface area contributed by atoms with Crippen molar-refractivity contribution in [3.63, 3.8) is 0 Å². The Morgan fingerprint density at radius 2 is 1.89 bits per heavy atom. The van der Waals surface area contributed by atoms with Crippen LogP contribution < -0.4 is 5.32 Å². The predicted octanol–water partition coefficient (Wildman–Crippen LogP) is 5.07. The van der Waals surface area contributed by atoms with Gasteiger partial charge in [0.25, 0.3) is 11.8 Å². The molecule has 0 aliphatic carbocycles. The van der Waals surface area contributed by atoms with Gasteiger partial charge in [0, 0.05) is 22.2 Å². The van der Waals surface area contributed by atoms with Crippen LogP contribution in [-0.2, 0) is 20.0 Å². The van der Waals surface area contributed by atoms with Crippen molar-refractivity contribution in [3.05, 3.63) is 74.8 Å². The first-order chi connectivity index (χ1) is 16.4. The van der Waals surface area contributed by atoms with E-state index >= 15 is 0 Å². The highest BCUT2D eigenvalue weighted by molar-refractivity contribution is 6.34. The van der Waals surface area contributed by atoms with Crippen LogP contribution in [0.3, 0.4) is 0 Å². The normalized spacial score (nSPS) is 22.5. The molecule has 2 aliphatic heterocycles. The number of carbonyl (C=O) groups excluding carboxylic acids is 2. The number of rotatable bonds is 5. The lowest BCUT2D eigenvalue weighted by Crippen LogP contribution is -2.42. The molecule has 2 aromatic rings. The van der Waals surface area contributed by atoms with Crippen LogP contribution >= 0.6 is 23.2 Å². The summed E-state index contributed by atoms with van der Waals surface area (Å²) in [6, 6.07) is 7.53. The van der Waals surface area contributed by atoms with Gasteiger partial charge in [-0.2, -0.15) is 13.2 Å². The molecule has 2 aromatic carbocycles. The first-order valence-electron chi connectivity index (χ1n) is 10.7. The molecule has 0 spiro atoms. The van der Waals surface area contributed by atoms with E-state index in [9.17, 15) is 22.8 Å². The molecule has 186 valence electrons. The maximum absolute atomic E-state index is 14.2. The van der Waals surface area contributed by atoms with Crippen LogP contribution in [0.2, 0.25) is 10.0 Å². The summed E-state index contributed by atoms with van der Waals surface area (Å²) in [6.45, 7) is 3.49. The Bertz CT molecular complexity index is 1200. The minimum absolute atomic E-state index is 0.0345. The lowest BCUT2D eigenvalue weighted by molar-refractivity contribution is -0.254. The topological polar surface area (TPSA) is 67.9 Å². The van der Waals surface area contributed by atoms with E-state index in [0.717, 1.165) is 6.08 Å². The van der Waals surface area contributed by atoms with Gasteiger partial charge in [-0.05, 0) is 66.5 Å². The molecule has 0 saturated carbocycles. The largest absolute Gasteiger partial charge is 0.425 e. The minimum Gasteiger partial charge on any atom is -0.352 e. The van der Waals surface area contributed by atoms with Gasteiger partial charge in [-0.3, -0.25) is 14.4 Å². The van der Waals surface area contributed by atoms with Crippen LogP contribution in [0.5, 0.6) is 0 Å². The second-order valence-electron chi connectivity index (χ2n) is 8.23. The summed E-state index contributed by atoms with van der Waals surface area (Å²) in [5.41, 5.74) is -1.36. The number of likely N-dealkylation sites (N-methyl/N-ethyl adjacent to an activating group) is 1. The maximum atomic E-state index is 14.2. The molecule has 2 aliphatic rings. The van der Waals surface area contributed by atoms with Crippen molar-refractivity contribution in [1.82, 2.24) is 10.4 Å². The Morgan fingerprint density at radius 1 is 1.20 bits per heavy atom. The van der Waals surface area contributed by atoms with Crippen molar-refractivity contribution < 1.29 is 32.3 Å². The lowest BCUT2D eigenvalue weighted by atomic mass is 9.90. The van der Waals surface area contributed by atoms with Gasteiger partial charge >= 0.3 is 6.18 Å². The van der Waals surface area contributed by atoms with Crippen LogP contribution in [0, 0.1) is 6.92 Å². The smallest absolute Gasteiger partial charge is 0.352 e. The molecule has 2 heterocycles. The van der Waals surface area contributed by atoms with Gasteiger partial charge in [-0.15, -0.1) is 0 Å². The highest BCUT2D eigenvalue weighted by atomic mass is 35.5. The monoisotopic (exact) mass is 528 g/mol. The summed E-state index contributed by atoms with van der Waals surface area (Å²) in [4.78, 5) is 30.1. The van der Waals surface area contributed by atoms with Crippen molar-refractivity contribution in [3.8, 4) is 0 Å². The molecule has 2 atom stereocenters. The van der Waals surface area contributed by atoms with Crippen LogP contribution in [-0.4, -0.2) is 48.9 Å². The van der Waals surface area contributed by atoms with Gasteiger partial charge in [0.15, 0.2) is 0 Å². The van der Waals surface area contributed by atoms with E-state index in [1.807, 2.05) is 0 Å². The summed E-state index contributed by atoms with van der Waals surface area (Å²) < 4.78 is 48.0. The molecule has 6 nitrogen and oxygen atoms in total. The number of nitrogens with one attached hydrogen (secondary N) is 1. The number of nitrogens with zero attached hydrogens (tertiary/aromatic N) is 1. The van der Waals surface area contributed by atoms with E-state index in [-0.39, 0.29) is 34.7 Å². The van der Waals surface area contributed by atoms with Crippen LogP contribution in [0.25, 0.3) is 5.57 Å². The molecule has 1 saturated heterocycles. The van der Waals surface area contributed by atoms with E-state index in [4.69, 9.17) is 32.8 Å². The maximum Gasteiger partial charge on any atom is 0.425 e. The zero-order valence-electron chi connectivity index (χ0n) is 18.7. The zero-order valence-corrected chi connectivity index (χ0v) is 20.2. The average Bonchev–Trinajstić information content (AvgIpc) is 3.38. The summed E-state index contributed by atoms with van der Waals surface area (Å²) in [6.07, 6.45) is -3.77. The summed E-state index contributed by atoms with van der Waals surface area (Å²) in [5, 5.41) is 3.92. The third kappa shape index (κ3) is 4.78. The molecule has 35 heavy (non-hydrogen) atoms. The number of aryl methyl sites for hydroxylation is 1. The first-order valence-corrected chi connectivity index (χ1v) is 11.5. The third-order valence-electron chi connectivity index (χ3n) is 5.92. The van der Waals surface area contributed by atoms with Crippen LogP contribution in [0.15, 0.2) is 42.5 Å². The third-order valence-corrected chi connectivity index (χ3v) is 6.36. The number of alkyl halides is 3. The first kappa shape index (κ1) is 25.5. The number of hydroxylamine groups is 2. The van der Waals surface area contributed by atoms with Crippen molar-refractivity contribution >= 4 is 40.6 Å². The molecule has 0 aromatic heterocycles. The van der Waals surface area contributed by atoms with E-state index in [1.165, 1.54) is 29.3 Å². The molecule has 0 bridgehead atoms. The molecule has 4 rings (SSSR count). The molecular weight excluding hydrogens is 508 g/mol. The van der Waals surface area contributed by atoms with E-state index in [0.29, 0.717) is 28.8 Å². The molecular formula is C24H21Cl2F3N2O4. The fourth-order valence-corrected chi connectivity index (χ4v) is 4.65. The van der Waals surface area contributed by atoms with E-state index in [2.05, 4.69) is 5.32 Å². The number of halogens is 5. The Morgan fingerprint density at radius 3 is 2.46 bits per heavy atom. The van der Waals surface area contributed by atoms with Crippen molar-refractivity contribution in [2.45, 2.75) is 31.7 Å². The Balaban J connectivity index is 1.61. The molecule has 2 amide bonds. The number of amides is 2. The molecule has 11 heteroatoms. The SMILES string of the molecule is CCN1OC[C@H](NC(=O)c2ccc(C3=CC(c4cc(Cl)cc(Cl)c4)(C(F)(F)F)OC3)cc2C)C1=O. The van der Waals surface area contributed by atoms with Gasteiger partial charge in [0.2, 0.25) is 5.60 Å². The van der Waals surface area contributed by atoms with Gasteiger partial charge in [-0.25, -0.2) is 5.06 Å². The van der Waals surface area contributed by atoms with Gasteiger partial charge in [0.1, 0.15) is 12.6 Å². The number of benzene rings is 2. The average molecular weight is 529 g/mol. The second kappa shape index (κ2) is 9.46. The van der Waals surface area contributed by atoms with Gasteiger partial charge < -0.3 is 10.1 Å². The summed E-state index contributed by atoms with van der Waals surface area (Å²) >= 11 is 11.9. The Labute approximate surface area is 209 Å². The fraction of sp³-hybridized carbons (Fsp3) is 0.333. The molecule has 1 N–H and O–H groups in total. The van der Waals surface area contributed by atoms with Gasteiger partial charge in [0.05, 0.1) is 6.61 Å². The van der Waals surface area contributed by atoms with E-state index in [1.54, 1.807) is 26.0 Å². The minimum atomic E-state index is -4.78. The van der Waals surface area contributed by atoms with Crippen molar-refractivity contribution in [2.24, 2.45) is 0 Å². The molecule has 1 unspecified atom stereocenters. The number of hydrogen-bond acceptors (Lipinski definition) is 4. The van der Waals surface area contributed by atoms with Crippen LogP contribution in [0.1, 0.15) is 34.0 Å².